The first-order chi connectivity index (χ1) is 31.2. The Hall–Kier alpha value is -5.90. The van der Waals surface area contributed by atoms with Gasteiger partial charge in [-0.05, 0) is 67.1 Å². The maximum atomic E-state index is 6.72. The van der Waals surface area contributed by atoms with Crippen molar-refractivity contribution in [2.24, 2.45) is 0 Å². The Morgan fingerprint density at radius 2 is 0.453 bits per heavy atom. The molecule has 0 atom stereocenters. The van der Waals surface area contributed by atoms with Crippen molar-refractivity contribution in [2.75, 3.05) is 70.6 Å². The van der Waals surface area contributed by atoms with Crippen molar-refractivity contribution in [2.45, 2.75) is 90.4 Å². The average Bonchev–Trinajstić information content (AvgIpc) is 3.32. The lowest BCUT2D eigenvalue weighted by Crippen LogP contribution is -2.06. The highest BCUT2D eigenvalue weighted by molar-refractivity contribution is 5.59. The second-order valence-corrected chi connectivity index (χ2v) is 16.4. The Labute approximate surface area is 381 Å². The third kappa shape index (κ3) is 11.2. The van der Waals surface area contributed by atoms with Crippen LogP contribution in [-0.4, -0.2) is 70.6 Å². The Bertz CT molecular complexity index is 2330. The highest BCUT2D eigenvalue weighted by Gasteiger charge is 2.23. The van der Waals surface area contributed by atoms with Crippen LogP contribution in [0.5, 0.6) is 57.5 Å². The van der Waals surface area contributed by atoms with Gasteiger partial charge in [0.25, 0.3) is 0 Å². The van der Waals surface area contributed by atoms with Crippen LogP contribution in [0.1, 0.15) is 114 Å². The van der Waals surface area contributed by atoms with Crippen molar-refractivity contribution in [3.05, 3.63) is 116 Å². The fourth-order valence-corrected chi connectivity index (χ4v) is 8.89. The van der Waals surface area contributed by atoms with E-state index in [-0.39, 0.29) is 0 Å². The molecule has 344 valence electrons. The summed E-state index contributed by atoms with van der Waals surface area (Å²) in [5.74, 6) is 7.39. The van der Waals surface area contributed by atoms with Gasteiger partial charge in [-0.2, -0.15) is 0 Å². The highest BCUT2D eigenvalue weighted by Crippen LogP contribution is 2.42. The first kappa shape index (κ1) is 47.6. The van der Waals surface area contributed by atoms with E-state index in [4.69, 9.17) is 47.4 Å². The molecule has 0 radical (unpaired) electrons. The molecule has 10 aliphatic rings. The van der Waals surface area contributed by atoms with Crippen LogP contribution in [0.3, 0.4) is 0 Å². The maximum Gasteiger partial charge on any atom is 0.123 e. The number of methoxy groups -OCH3 is 9. The van der Waals surface area contributed by atoms with Crippen LogP contribution in [0, 0.1) is 0 Å². The van der Waals surface area contributed by atoms with Crippen molar-refractivity contribution in [3.8, 4) is 57.5 Å². The number of unbranched alkanes of at least 4 members (excludes halogenated alkanes) is 7. The van der Waals surface area contributed by atoms with E-state index in [1.807, 2.05) is 24.3 Å². The van der Waals surface area contributed by atoms with Gasteiger partial charge in [-0.3, -0.25) is 0 Å². The minimum Gasteiger partial charge on any atom is -0.496 e. The minimum atomic E-state index is 0.505. The fourth-order valence-electron chi connectivity index (χ4n) is 8.89. The smallest absolute Gasteiger partial charge is 0.123 e. The lowest BCUT2D eigenvalue weighted by atomic mass is 9.94. The number of benzene rings is 5. The van der Waals surface area contributed by atoms with Gasteiger partial charge in [0.15, 0.2) is 0 Å². The van der Waals surface area contributed by atoms with Crippen molar-refractivity contribution >= 4 is 0 Å². The summed E-state index contributed by atoms with van der Waals surface area (Å²) in [4.78, 5) is 0. The summed E-state index contributed by atoms with van der Waals surface area (Å²) in [5, 5.41) is 0. The summed E-state index contributed by atoms with van der Waals surface area (Å²) in [6, 6.07) is 20.6. The van der Waals surface area contributed by atoms with Gasteiger partial charge in [-0.1, -0.05) is 51.9 Å². The highest BCUT2D eigenvalue weighted by atomic mass is 16.5. The monoisotopic (exact) mass is 876 g/mol. The largest absolute Gasteiger partial charge is 0.496 e. The van der Waals surface area contributed by atoms with Crippen LogP contribution in [0.4, 0.5) is 0 Å². The summed E-state index contributed by atoms with van der Waals surface area (Å²) in [7, 11) is 15.3. The maximum absolute atomic E-state index is 6.72. The lowest BCUT2D eigenvalue weighted by Gasteiger charge is -2.20. The van der Waals surface area contributed by atoms with Crippen LogP contribution in [0.15, 0.2) is 60.7 Å². The first-order valence-electron chi connectivity index (χ1n) is 22.5. The predicted octanol–water partition coefficient (Wildman–Crippen LogP) is 11.6. The van der Waals surface area contributed by atoms with Gasteiger partial charge in [-0.25, -0.2) is 0 Å². The molecule has 10 bridgehead atoms. The molecule has 0 fully saturated rings. The molecule has 0 spiro atoms. The van der Waals surface area contributed by atoms with Gasteiger partial charge in [0.2, 0.25) is 0 Å². The van der Waals surface area contributed by atoms with Crippen molar-refractivity contribution in [1.82, 2.24) is 0 Å². The van der Waals surface area contributed by atoms with Crippen molar-refractivity contribution in [1.29, 1.82) is 0 Å². The predicted molar refractivity (Wildman–Crippen MR) is 253 cm³/mol. The van der Waals surface area contributed by atoms with Crippen LogP contribution in [0.2, 0.25) is 0 Å². The normalized spacial score (nSPS) is 12.2. The van der Waals surface area contributed by atoms with Crippen LogP contribution >= 0.6 is 0 Å². The van der Waals surface area contributed by atoms with E-state index in [2.05, 4.69) is 43.3 Å². The quantitative estimate of drug-likeness (QED) is 0.0732. The zero-order valence-electron chi connectivity index (χ0n) is 39.8. The molecule has 15 rings (SSSR count). The molecule has 0 saturated heterocycles. The molecule has 0 aromatic heterocycles. The SMILES string of the molecule is CCCCCCCCCCOc1cc2c(OC)cc1Cc1cc(OC)c(cc1OC)Cc1cc(OC)c(cc1OC)Cc1cc(OC)c(cc1OC)Cc1cc(OC)c(cc1OC)C2. The first-order valence-corrected chi connectivity index (χ1v) is 22.5. The third-order valence-electron chi connectivity index (χ3n) is 12.4. The van der Waals surface area contributed by atoms with Crippen LogP contribution < -0.4 is 47.4 Å². The number of ether oxygens (including phenoxy) is 10. The van der Waals surface area contributed by atoms with E-state index in [1.165, 1.54) is 38.5 Å². The molecule has 0 aliphatic heterocycles. The minimum absolute atomic E-state index is 0.505. The lowest BCUT2D eigenvalue weighted by molar-refractivity contribution is 0.300. The van der Waals surface area contributed by atoms with Crippen LogP contribution in [0.25, 0.3) is 0 Å². The standard InChI is InChI=1S/C54H68O10/c1-11-12-13-14-15-16-17-18-19-64-54-34-43-23-41-31-49(59-6)39(29-50(41)60-7)21-37-27-45(55-2)35(25-46(37)56-3)20-36-26-48(58-5)38(28-47(36)57-4)22-40-30-52(62-9)42(32-51(40)61-8)24-44(54)33-53(43)63-10/h25-34H,11-24H2,1-10H3. The molecule has 10 aliphatic carbocycles. The van der Waals surface area contributed by atoms with Gasteiger partial charge in [0, 0.05) is 87.7 Å². The zero-order valence-corrected chi connectivity index (χ0v) is 39.8. The molecular weight excluding hydrogens is 809 g/mol. The molecule has 0 unspecified atom stereocenters. The Morgan fingerprint density at radius 3 is 0.672 bits per heavy atom. The van der Waals surface area contributed by atoms with E-state index < -0.39 is 0 Å². The van der Waals surface area contributed by atoms with E-state index in [9.17, 15) is 0 Å². The molecule has 10 heteroatoms. The second kappa shape index (κ2) is 23.2. The summed E-state index contributed by atoms with van der Waals surface area (Å²) in [5.41, 5.74) is 9.48. The molecule has 5 aromatic carbocycles. The van der Waals surface area contributed by atoms with E-state index in [0.717, 1.165) is 126 Å². The molecule has 0 heterocycles. The molecule has 0 saturated carbocycles. The number of hydrogen-bond donors (Lipinski definition) is 0. The van der Waals surface area contributed by atoms with Crippen LogP contribution in [-0.2, 0) is 32.1 Å². The molecule has 10 nitrogen and oxygen atoms in total. The van der Waals surface area contributed by atoms with Crippen molar-refractivity contribution < 1.29 is 47.4 Å². The van der Waals surface area contributed by atoms with Gasteiger partial charge >= 0.3 is 0 Å². The van der Waals surface area contributed by atoms with Gasteiger partial charge < -0.3 is 47.4 Å². The Balaban J connectivity index is 1.51. The zero-order chi connectivity index (χ0) is 45.6. The van der Waals surface area contributed by atoms with Gasteiger partial charge in [0.05, 0.1) is 70.6 Å². The molecule has 5 aromatic rings. The molecule has 0 amide bonds. The second-order valence-electron chi connectivity index (χ2n) is 16.4. The Morgan fingerprint density at radius 1 is 0.266 bits per heavy atom. The fraction of sp³-hybridized carbons (Fsp3) is 0.444. The van der Waals surface area contributed by atoms with Gasteiger partial charge in [0.1, 0.15) is 57.5 Å². The van der Waals surface area contributed by atoms with E-state index in [1.54, 1.807) is 64.0 Å². The average molecular weight is 877 g/mol. The summed E-state index contributed by atoms with van der Waals surface area (Å²) in [6.45, 7) is 2.87. The number of hydrogen-bond acceptors (Lipinski definition) is 10. The molecule has 0 N–H and O–H groups in total. The summed E-state index contributed by atoms with van der Waals surface area (Å²) < 4.78 is 61.4. The Kier molecular flexibility index (Phi) is 17.2. The van der Waals surface area contributed by atoms with Crippen molar-refractivity contribution in [3.63, 3.8) is 0 Å². The third-order valence-corrected chi connectivity index (χ3v) is 12.4. The van der Waals surface area contributed by atoms with E-state index in [0.29, 0.717) is 38.7 Å². The molecular formula is C54H68O10. The summed E-state index contributed by atoms with van der Waals surface area (Å²) in [6.07, 6.45) is 12.3. The topological polar surface area (TPSA) is 92.3 Å². The molecule has 64 heavy (non-hydrogen) atoms. The summed E-state index contributed by atoms with van der Waals surface area (Å²) >= 11 is 0. The number of rotatable bonds is 19. The van der Waals surface area contributed by atoms with Gasteiger partial charge in [-0.15, -0.1) is 0 Å². The van der Waals surface area contributed by atoms with E-state index >= 15 is 0 Å².